The van der Waals surface area contributed by atoms with Crippen molar-refractivity contribution in [1.82, 2.24) is 4.72 Å². The van der Waals surface area contributed by atoms with Crippen LogP contribution in [0.1, 0.15) is 30.0 Å². The first kappa shape index (κ1) is 25.5. The Balaban J connectivity index is 1.84. The Kier molecular flexibility index (Phi) is 8.91. The summed E-state index contributed by atoms with van der Waals surface area (Å²) in [7, 11) is 0. The molecule has 9 heteroatoms. The Bertz CT molecular complexity index is 1180. The van der Waals surface area contributed by atoms with Gasteiger partial charge >= 0.3 is 6.18 Å². The minimum absolute atomic E-state index is 0.0983. The van der Waals surface area contributed by atoms with Gasteiger partial charge in [0.2, 0.25) is 5.91 Å². The van der Waals surface area contributed by atoms with Crippen LogP contribution in [-0.4, -0.2) is 11.7 Å². The predicted molar refractivity (Wildman–Crippen MR) is 128 cm³/mol. The van der Waals surface area contributed by atoms with E-state index in [1.54, 1.807) is 18.2 Å². The third-order valence-electron chi connectivity index (χ3n) is 4.43. The molecule has 1 N–H and O–H groups in total. The maximum absolute atomic E-state index is 13.5. The zero-order valence-corrected chi connectivity index (χ0v) is 19.8. The predicted octanol–water partition coefficient (Wildman–Crippen LogP) is 7.24. The molecule has 0 radical (unpaired) electrons. The van der Waals surface area contributed by atoms with E-state index in [9.17, 15) is 23.2 Å². The standard InChI is InChI=1S/C25H21F3N2O2S2/c1-2-10-33-30-24(31)13-17-11-19(25(26,27)28)15-20(12-17)32-23-9-8-22(14-18(23)16-29)34-21-6-4-3-5-7-21/h3-9,11-12,14-15H,2,10,13H2,1H3,(H,30,31). The van der Waals surface area contributed by atoms with Crippen molar-refractivity contribution in [1.29, 1.82) is 5.26 Å². The van der Waals surface area contributed by atoms with Crippen molar-refractivity contribution in [3.63, 3.8) is 0 Å². The number of amides is 1. The molecule has 0 aromatic heterocycles. The molecular weight excluding hydrogens is 481 g/mol. The van der Waals surface area contributed by atoms with Gasteiger partial charge in [-0.1, -0.05) is 48.8 Å². The van der Waals surface area contributed by atoms with Gasteiger partial charge in [-0.05, 0) is 60.5 Å². The number of hydrogen-bond donors (Lipinski definition) is 1. The molecule has 1 amide bonds. The lowest BCUT2D eigenvalue weighted by Crippen LogP contribution is -2.19. The second kappa shape index (κ2) is 11.9. The van der Waals surface area contributed by atoms with Gasteiger partial charge in [-0.3, -0.25) is 9.52 Å². The lowest BCUT2D eigenvalue weighted by molar-refractivity contribution is -0.137. The number of halogens is 3. The molecule has 3 aromatic carbocycles. The number of nitriles is 1. The third kappa shape index (κ3) is 7.47. The zero-order chi connectivity index (χ0) is 24.6. The SMILES string of the molecule is CCCSNC(=O)Cc1cc(Oc2ccc(Sc3ccccc3)cc2C#N)cc(C(F)(F)F)c1. The topological polar surface area (TPSA) is 62.1 Å². The monoisotopic (exact) mass is 502 g/mol. The maximum Gasteiger partial charge on any atom is 0.416 e. The average molecular weight is 503 g/mol. The first-order valence-electron chi connectivity index (χ1n) is 10.3. The van der Waals surface area contributed by atoms with Crippen LogP contribution in [0.25, 0.3) is 0 Å². The van der Waals surface area contributed by atoms with Crippen molar-refractivity contribution in [2.45, 2.75) is 35.7 Å². The summed E-state index contributed by atoms with van der Waals surface area (Å²) >= 11 is 2.67. The highest BCUT2D eigenvalue weighted by Crippen LogP contribution is 2.36. The Hall–Kier alpha value is -3.09. The van der Waals surface area contributed by atoms with E-state index in [0.717, 1.165) is 28.3 Å². The Labute approximate surface area is 204 Å². The van der Waals surface area contributed by atoms with Gasteiger partial charge < -0.3 is 4.74 Å². The molecule has 0 atom stereocenters. The molecule has 0 spiro atoms. The second-order valence-electron chi connectivity index (χ2n) is 7.20. The molecule has 3 rings (SSSR count). The number of rotatable bonds is 9. The van der Waals surface area contributed by atoms with Gasteiger partial charge in [0.05, 0.1) is 17.5 Å². The van der Waals surface area contributed by atoms with Gasteiger partial charge in [0.15, 0.2) is 0 Å². The summed E-state index contributed by atoms with van der Waals surface area (Å²) in [5.41, 5.74) is -0.577. The van der Waals surface area contributed by atoms with Crippen LogP contribution >= 0.6 is 23.7 Å². The molecule has 3 aromatic rings. The average Bonchev–Trinajstić information content (AvgIpc) is 2.80. The minimum atomic E-state index is -4.62. The van der Waals surface area contributed by atoms with Crippen molar-refractivity contribution >= 4 is 29.6 Å². The molecule has 0 aliphatic rings. The molecular formula is C25H21F3N2O2S2. The van der Waals surface area contributed by atoms with Crippen molar-refractivity contribution in [2.75, 3.05) is 5.75 Å². The van der Waals surface area contributed by atoms with Crippen molar-refractivity contribution in [3.05, 3.63) is 83.4 Å². The van der Waals surface area contributed by atoms with Gasteiger partial charge in [0.25, 0.3) is 0 Å². The lowest BCUT2D eigenvalue weighted by Gasteiger charge is -2.14. The molecule has 0 saturated heterocycles. The van der Waals surface area contributed by atoms with Crippen LogP contribution in [0, 0.1) is 11.3 Å². The summed E-state index contributed by atoms with van der Waals surface area (Å²) in [5.74, 6) is 0.341. The van der Waals surface area contributed by atoms with E-state index in [-0.39, 0.29) is 29.0 Å². The summed E-state index contributed by atoms with van der Waals surface area (Å²) < 4.78 is 48.7. The molecule has 0 fully saturated rings. The molecule has 0 aliphatic heterocycles. The highest BCUT2D eigenvalue weighted by molar-refractivity contribution is 7.99. The number of nitrogens with one attached hydrogen (secondary N) is 1. The quantitative estimate of drug-likeness (QED) is 0.247. The first-order valence-corrected chi connectivity index (χ1v) is 12.2. The summed E-state index contributed by atoms with van der Waals surface area (Å²) in [6, 6.07) is 19.7. The van der Waals surface area contributed by atoms with E-state index in [1.807, 2.05) is 43.3 Å². The largest absolute Gasteiger partial charge is 0.456 e. The highest BCUT2D eigenvalue weighted by atomic mass is 32.2. The van der Waals surface area contributed by atoms with Gasteiger partial charge in [0.1, 0.15) is 17.6 Å². The Morgan fingerprint density at radius 1 is 1.06 bits per heavy atom. The van der Waals surface area contributed by atoms with Gasteiger partial charge in [-0.15, -0.1) is 0 Å². The van der Waals surface area contributed by atoms with Crippen LogP contribution in [0.4, 0.5) is 13.2 Å². The fourth-order valence-electron chi connectivity index (χ4n) is 2.94. The van der Waals surface area contributed by atoms with Crippen molar-refractivity contribution in [3.8, 4) is 17.6 Å². The van der Waals surface area contributed by atoms with Crippen LogP contribution < -0.4 is 9.46 Å². The highest BCUT2D eigenvalue weighted by Gasteiger charge is 2.31. The number of benzene rings is 3. The number of hydrogen-bond acceptors (Lipinski definition) is 5. The minimum Gasteiger partial charge on any atom is -0.456 e. The smallest absolute Gasteiger partial charge is 0.416 e. The van der Waals surface area contributed by atoms with E-state index in [1.165, 1.54) is 29.8 Å². The summed E-state index contributed by atoms with van der Waals surface area (Å²) in [6.07, 6.45) is -3.99. The van der Waals surface area contributed by atoms with Gasteiger partial charge in [-0.25, -0.2) is 0 Å². The number of alkyl halides is 3. The van der Waals surface area contributed by atoms with E-state index in [2.05, 4.69) is 4.72 Å². The molecule has 0 heterocycles. The van der Waals surface area contributed by atoms with Crippen LogP contribution in [0.15, 0.2) is 76.5 Å². The molecule has 0 saturated carbocycles. The Morgan fingerprint density at radius 3 is 2.50 bits per heavy atom. The molecule has 0 aliphatic carbocycles. The first-order chi connectivity index (χ1) is 16.3. The molecule has 34 heavy (non-hydrogen) atoms. The van der Waals surface area contributed by atoms with Crippen LogP contribution in [0.2, 0.25) is 0 Å². The molecule has 176 valence electrons. The van der Waals surface area contributed by atoms with Crippen LogP contribution in [-0.2, 0) is 17.4 Å². The zero-order valence-electron chi connectivity index (χ0n) is 18.2. The molecule has 0 unspecified atom stereocenters. The number of nitrogens with zero attached hydrogens (tertiary/aromatic N) is 1. The number of carbonyl (C=O) groups is 1. The second-order valence-corrected chi connectivity index (χ2v) is 9.25. The third-order valence-corrected chi connectivity index (χ3v) is 6.41. The fraction of sp³-hybridized carbons (Fsp3) is 0.200. The fourth-order valence-corrected chi connectivity index (χ4v) is 4.36. The summed E-state index contributed by atoms with van der Waals surface area (Å²) in [4.78, 5) is 13.9. The maximum atomic E-state index is 13.5. The number of carbonyl (C=O) groups excluding carboxylic acids is 1. The van der Waals surface area contributed by atoms with E-state index >= 15 is 0 Å². The lowest BCUT2D eigenvalue weighted by atomic mass is 10.1. The Morgan fingerprint density at radius 2 is 1.82 bits per heavy atom. The normalized spacial score (nSPS) is 11.0. The van der Waals surface area contributed by atoms with Crippen molar-refractivity contribution in [2.24, 2.45) is 0 Å². The van der Waals surface area contributed by atoms with E-state index < -0.39 is 17.6 Å². The van der Waals surface area contributed by atoms with Gasteiger partial charge in [-0.2, -0.15) is 18.4 Å². The van der Waals surface area contributed by atoms with Crippen LogP contribution in [0.3, 0.4) is 0 Å². The van der Waals surface area contributed by atoms with Crippen molar-refractivity contribution < 1.29 is 22.7 Å². The summed E-state index contributed by atoms with van der Waals surface area (Å²) in [5, 5.41) is 9.57. The number of ether oxygens (including phenoxy) is 1. The van der Waals surface area contributed by atoms with Crippen LogP contribution in [0.5, 0.6) is 11.5 Å². The van der Waals surface area contributed by atoms with E-state index in [4.69, 9.17) is 4.74 Å². The summed E-state index contributed by atoms with van der Waals surface area (Å²) in [6.45, 7) is 1.96. The molecule has 4 nitrogen and oxygen atoms in total. The van der Waals surface area contributed by atoms with Gasteiger partial charge in [0, 0.05) is 15.5 Å². The van der Waals surface area contributed by atoms with E-state index in [0.29, 0.717) is 5.75 Å². The molecule has 0 bridgehead atoms.